The maximum atomic E-state index is 13.7. The molecule has 0 bridgehead atoms. The van der Waals surface area contributed by atoms with E-state index in [4.69, 9.17) is 0 Å². The molecule has 0 saturated heterocycles. The molecule has 0 fully saturated rings. The van der Waals surface area contributed by atoms with Crippen molar-refractivity contribution in [3.63, 3.8) is 0 Å². The molecule has 0 aliphatic heterocycles. The molecule has 1 heterocycles. The highest BCUT2D eigenvalue weighted by Gasteiger charge is 2.22. The Morgan fingerprint density at radius 1 is 1.27 bits per heavy atom. The summed E-state index contributed by atoms with van der Waals surface area (Å²) in [6, 6.07) is 5.27. The van der Waals surface area contributed by atoms with Crippen LogP contribution in [0, 0.1) is 11.6 Å². The Balaban J connectivity index is 2.20. The predicted molar refractivity (Wildman–Crippen MR) is 77.4 cm³/mol. The summed E-state index contributed by atoms with van der Waals surface area (Å²) in [5.74, 6) is -1.67. The molecule has 3 N–H and O–H groups in total. The lowest BCUT2D eigenvalue weighted by Crippen LogP contribution is -2.32. The first-order valence-corrected chi connectivity index (χ1v) is 6.56. The molecule has 1 unspecified atom stereocenters. The van der Waals surface area contributed by atoms with Crippen LogP contribution in [0.25, 0.3) is 0 Å². The van der Waals surface area contributed by atoms with Gasteiger partial charge in [0.2, 0.25) is 0 Å². The molecule has 1 aromatic heterocycles. The molecule has 0 radical (unpaired) electrons. The number of pyridine rings is 1. The van der Waals surface area contributed by atoms with Crippen LogP contribution in [-0.2, 0) is 0 Å². The van der Waals surface area contributed by atoms with Crippen molar-refractivity contribution in [2.45, 2.75) is 6.04 Å². The number of amides is 1. The van der Waals surface area contributed by atoms with Crippen molar-refractivity contribution in [2.75, 3.05) is 19.0 Å². The predicted octanol–water partition coefficient (Wildman–Crippen LogP) is 1.86. The Kier molecular flexibility index (Phi) is 5.00. The van der Waals surface area contributed by atoms with Crippen LogP contribution in [0.3, 0.4) is 0 Å². The normalized spacial score (nSPS) is 11.8. The van der Waals surface area contributed by atoms with Crippen molar-refractivity contribution in [2.24, 2.45) is 0 Å². The minimum Gasteiger partial charge on any atom is -0.394 e. The van der Waals surface area contributed by atoms with E-state index < -0.39 is 30.2 Å². The number of nitrogens with one attached hydrogen (secondary N) is 2. The number of benzene rings is 1. The summed E-state index contributed by atoms with van der Waals surface area (Å²) in [4.78, 5) is 16.1. The van der Waals surface area contributed by atoms with Gasteiger partial charge in [0.1, 0.15) is 17.5 Å². The topological polar surface area (TPSA) is 74.2 Å². The van der Waals surface area contributed by atoms with E-state index in [9.17, 15) is 18.7 Å². The smallest absolute Gasteiger partial charge is 0.253 e. The molecule has 2 rings (SSSR count). The number of aliphatic hydroxyl groups is 1. The lowest BCUT2D eigenvalue weighted by atomic mass is 10.1. The number of rotatable bonds is 5. The quantitative estimate of drug-likeness (QED) is 0.788. The van der Waals surface area contributed by atoms with Gasteiger partial charge < -0.3 is 15.7 Å². The molecular formula is C15H15F2N3O2. The Labute approximate surface area is 126 Å². The number of anilines is 1. The van der Waals surface area contributed by atoms with E-state index >= 15 is 0 Å². The largest absolute Gasteiger partial charge is 0.394 e. The number of nitrogens with zero attached hydrogens (tertiary/aromatic N) is 1. The van der Waals surface area contributed by atoms with Crippen molar-refractivity contribution >= 4 is 11.7 Å². The molecule has 0 saturated carbocycles. The summed E-state index contributed by atoms with van der Waals surface area (Å²) < 4.78 is 27.4. The van der Waals surface area contributed by atoms with Gasteiger partial charge in [-0.15, -0.1) is 0 Å². The standard InChI is InChI=1S/C15H15F2N3O2/c1-18-13-6-5-9(7-19-13)15(22)20-12(8-21)14-10(16)3-2-4-11(14)17/h2-7,12,21H,8H2,1H3,(H,18,19)(H,20,22). The van der Waals surface area contributed by atoms with Gasteiger partial charge in [-0.2, -0.15) is 0 Å². The van der Waals surface area contributed by atoms with Crippen LogP contribution in [-0.4, -0.2) is 29.7 Å². The van der Waals surface area contributed by atoms with E-state index in [0.29, 0.717) is 5.82 Å². The van der Waals surface area contributed by atoms with Gasteiger partial charge in [-0.05, 0) is 24.3 Å². The number of aromatic nitrogens is 1. The number of aliphatic hydroxyl groups excluding tert-OH is 1. The van der Waals surface area contributed by atoms with E-state index in [0.717, 1.165) is 12.1 Å². The second kappa shape index (κ2) is 6.95. The maximum Gasteiger partial charge on any atom is 0.253 e. The fourth-order valence-corrected chi connectivity index (χ4v) is 1.97. The lowest BCUT2D eigenvalue weighted by molar-refractivity contribution is 0.0913. The number of hydrogen-bond acceptors (Lipinski definition) is 4. The van der Waals surface area contributed by atoms with Crippen molar-refractivity contribution in [1.29, 1.82) is 0 Å². The first kappa shape index (κ1) is 15.8. The van der Waals surface area contributed by atoms with Crippen LogP contribution < -0.4 is 10.6 Å². The molecule has 1 amide bonds. The Morgan fingerprint density at radius 2 is 1.95 bits per heavy atom. The average Bonchev–Trinajstić information content (AvgIpc) is 2.53. The minimum atomic E-state index is -1.18. The summed E-state index contributed by atoms with van der Waals surface area (Å²) in [6.45, 7) is -0.633. The van der Waals surface area contributed by atoms with E-state index in [2.05, 4.69) is 15.6 Å². The number of hydrogen-bond donors (Lipinski definition) is 3. The van der Waals surface area contributed by atoms with Gasteiger partial charge in [0.25, 0.3) is 5.91 Å². The van der Waals surface area contributed by atoms with Crippen LogP contribution in [0.1, 0.15) is 22.0 Å². The summed E-state index contributed by atoms with van der Waals surface area (Å²) >= 11 is 0. The minimum absolute atomic E-state index is 0.217. The molecule has 0 aliphatic rings. The van der Waals surface area contributed by atoms with Crippen molar-refractivity contribution in [3.05, 3.63) is 59.3 Å². The van der Waals surface area contributed by atoms with E-state index in [-0.39, 0.29) is 11.1 Å². The molecule has 0 aliphatic carbocycles. The average molecular weight is 307 g/mol. The highest BCUT2D eigenvalue weighted by molar-refractivity contribution is 5.94. The van der Waals surface area contributed by atoms with Gasteiger partial charge in [-0.25, -0.2) is 13.8 Å². The lowest BCUT2D eigenvalue weighted by Gasteiger charge is -2.18. The van der Waals surface area contributed by atoms with Crippen LogP contribution >= 0.6 is 0 Å². The van der Waals surface area contributed by atoms with Crippen LogP contribution in [0.5, 0.6) is 0 Å². The van der Waals surface area contributed by atoms with Crippen molar-refractivity contribution in [3.8, 4) is 0 Å². The van der Waals surface area contributed by atoms with E-state index in [1.54, 1.807) is 13.1 Å². The third-order valence-electron chi connectivity index (χ3n) is 3.12. The molecule has 0 spiro atoms. The van der Waals surface area contributed by atoms with Gasteiger partial charge in [0.15, 0.2) is 0 Å². The fourth-order valence-electron chi connectivity index (χ4n) is 1.97. The van der Waals surface area contributed by atoms with Gasteiger partial charge in [-0.1, -0.05) is 6.07 Å². The Bertz CT molecular complexity index is 642. The van der Waals surface area contributed by atoms with E-state index in [1.165, 1.54) is 18.3 Å². The molecule has 5 nitrogen and oxygen atoms in total. The van der Waals surface area contributed by atoms with Crippen LogP contribution in [0.2, 0.25) is 0 Å². The zero-order chi connectivity index (χ0) is 16.1. The van der Waals surface area contributed by atoms with Crippen molar-refractivity contribution < 1.29 is 18.7 Å². The molecule has 1 atom stereocenters. The highest BCUT2D eigenvalue weighted by atomic mass is 19.1. The monoisotopic (exact) mass is 307 g/mol. The Morgan fingerprint density at radius 3 is 2.45 bits per heavy atom. The summed E-state index contributed by atoms with van der Waals surface area (Å²) in [6.07, 6.45) is 1.33. The van der Waals surface area contributed by atoms with Gasteiger partial charge in [-0.3, -0.25) is 4.79 Å². The maximum absolute atomic E-state index is 13.7. The fraction of sp³-hybridized carbons (Fsp3) is 0.200. The molecule has 22 heavy (non-hydrogen) atoms. The SMILES string of the molecule is CNc1ccc(C(=O)NC(CO)c2c(F)cccc2F)cn1. The molecule has 7 heteroatoms. The van der Waals surface area contributed by atoms with Crippen molar-refractivity contribution in [1.82, 2.24) is 10.3 Å². The summed E-state index contributed by atoms with van der Waals surface area (Å²) in [5.41, 5.74) is -0.160. The highest BCUT2D eigenvalue weighted by Crippen LogP contribution is 2.21. The number of halogens is 2. The summed E-state index contributed by atoms with van der Waals surface area (Å²) in [5, 5.41) is 14.5. The first-order chi connectivity index (χ1) is 10.6. The molecule has 116 valence electrons. The number of carbonyl (C=O) groups is 1. The third kappa shape index (κ3) is 3.37. The Hall–Kier alpha value is -2.54. The molecule has 2 aromatic rings. The first-order valence-electron chi connectivity index (χ1n) is 6.56. The second-order valence-corrected chi connectivity index (χ2v) is 4.53. The van der Waals surface area contributed by atoms with Crippen LogP contribution in [0.15, 0.2) is 36.5 Å². The van der Waals surface area contributed by atoms with E-state index in [1.807, 2.05) is 0 Å². The third-order valence-corrected chi connectivity index (χ3v) is 3.12. The molecular weight excluding hydrogens is 292 g/mol. The van der Waals surface area contributed by atoms with Gasteiger partial charge in [0, 0.05) is 18.8 Å². The zero-order valence-corrected chi connectivity index (χ0v) is 11.8. The molecule has 1 aromatic carbocycles. The number of carbonyl (C=O) groups excluding carboxylic acids is 1. The zero-order valence-electron chi connectivity index (χ0n) is 11.8. The van der Waals surface area contributed by atoms with Gasteiger partial charge >= 0.3 is 0 Å². The van der Waals surface area contributed by atoms with Gasteiger partial charge in [0.05, 0.1) is 18.2 Å². The summed E-state index contributed by atoms with van der Waals surface area (Å²) in [7, 11) is 1.69. The van der Waals surface area contributed by atoms with Crippen LogP contribution in [0.4, 0.5) is 14.6 Å². The second-order valence-electron chi connectivity index (χ2n) is 4.53.